The van der Waals surface area contributed by atoms with E-state index in [0.717, 1.165) is 12.0 Å². The molecule has 1 nitrogen and oxygen atoms in total. The topological polar surface area (TPSA) is 3.24 Å². The second-order valence-electron chi connectivity index (χ2n) is 4.69. The highest BCUT2D eigenvalue weighted by Crippen LogP contribution is 2.29. The highest BCUT2D eigenvalue weighted by Gasteiger charge is 2.26. The van der Waals surface area contributed by atoms with Crippen LogP contribution in [0.5, 0.6) is 0 Å². The second-order valence-corrected chi connectivity index (χ2v) is 4.69. The van der Waals surface area contributed by atoms with Gasteiger partial charge in [0.25, 0.3) is 0 Å². The Morgan fingerprint density at radius 3 is 2.57 bits per heavy atom. The molecule has 1 rings (SSSR count). The fraction of sp³-hybridized carbons (Fsp3) is 0.846. The van der Waals surface area contributed by atoms with E-state index in [9.17, 15) is 0 Å². The van der Waals surface area contributed by atoms with E-state index in [0.29, 0.717) is 0 Å². The first-order chi connectivity index (χ1) is 6.70. The maximum Gasteiger partial charge on any atom is 0.0344 e. The quantitative estimate of drug-likeness (QED) is 0.645. The zero-order chi connectivity index (χ0) is 10.6. The molecule has 0 aliphatic carbocycles. The van der Waals surface area contributed by atoms with Gasteiger partial charge in [-0.1, -0.05) is 40.2 Å². The van der Waals surface area contributed by atoms with Crippen LogP contribution in [0.2, 0.25) is 0 Å². The minimum Gasteiger partial charge on any atom is -0.372 e. The minimum absolute atomic E-state index is 0.775. The molecule has 0 N–H and O–H groups in total. The molecular weight excluding hydrogens is 170 g/mol. The van der Waals surface area contributed by atoms with Crippen LogP contribution in [0.15, 0.2) is 11.8 Å². The molecule has 0 aromatic rings. The summed E-state index contributed by atoms with van der Waals surface area (Å²) in [7, 11) is 0. The van der Waals surface area contributed by atoms with Crippen molar-refractivity contribution in [2.45, 2.75) is 59.4 Å². The van der Waals surface area contributed by atoms with Crippen molar-refractivity contribution in [1.29, 1.82) is 0 Å². The van der Waals surface area contributed by atoms with Crippen molar-refractivity contribution >= 4 is 0 Å². The number of allylic oxidation sites excluding steroid dienone is 1. The molecule has 82 valence electrons. The molecule has 0 saturated heterocycles. The van der Waals surface area contributed by atoms with Gasteiger partial charge in [0.05, 0.1) is 0 Å². The summed E-state index contributed by atoms with van der Waals surface area (Å²) in [6.07, 6.45) is 7.54. The molecule has 1 heteroatoms. The Kier molecular flexibility index (Phi) is 4.50. The van der Waals surface area contributed by atoms with Crippen LogP contribution in [-0.2, 0) is 0 Å². The van der Waals surface area contributed by atoms with E-state index in [1.54, 1.807) is 5.70 Å². The van der Waals surface area contributed by atoms with Gasteiger partial charge in [-0.3, -0.25) is 0 Å². The Labute approximate surface area is 89.2 Å². The molecule has 0 aromatic carbocycles. The minimum atomic E-state index is 0.775. The van der Waals surface area contributed by atoms with Crippen LogP contribution in [0.4, 0.5) is 0 Å². The van der Waals surface area contributed by atoms with Crippen LogP contribution in [0, 0.1) is 5.92 Å². The maximum atomic E-state index is 2.65. The molecule has 0 amide bonds. The van der Waals surface area contributed by atoms with Crippen LogP contribution in [0.3, 0.4) is 0 Å². The average molecular weight is 195 g/mol. The molecule has 1 unspecified atom stereocenters. The van der Waals surface area contributed by atoms with E-state index in [2.05, 4.69) is 38.7 Å². The molecule has 14 heavy (non-hydrogen) atoms. The SMILES string of the molecule is CCCC1=CCC(C(C)C)N1CCC. The van der Waals surface area contributed by atoms with E-state index < -0.39 is 0 Å². The summed E-state index contributed by atoms with van der Waals surface area (Å²) in [6, 6.07) is 0.775. The monoisotopic (exact) mass is 195 g/mol. The third-order valence-corrected chi connectivity index (χ3v) is 3.10. The largest absolute Gasteiger partial charge is 0.372 e. The van der Waals surface area contributed by atoms with Gasteiger partial charge >= 0.3 is 0 Å². The maximum absolute atomic E-state index is 2.65. The first-order valence-electron chi connectivity index (χ1n) is 6.16. The van der Waals surface area contributed by atoms with E-state index >= 15 is 0 Å². The summed E-state index contributed by atoms with van der Waals surface area (Å²) < 4.78 is 0. The lowest BCUT2D eigenvalue weighted by Gasteiger charge is -2.32. The van der Waals surface area contributed by atoms with Gasteiger partial charge in [-0.05, 0) is 25.2 Å². The molecule has 0 fully saturated rings. The Bertz CT molecular complexity index is 193. The van der Waals surface area contributed by atoms with E-state index in [-0.39, 0.29) is 0 Å². The normalized spacial score (nSPS) is 21.9. The lowest BCUT2D eigenvalue weighted by molar-refractivity contribution is 0.218. The van der Waals surface area contributed by atoms with E-state index in [1.807, 2.05) is 0 Å². The van der Waals surface area contributed by atoms with Crippen LogP contribution < -0.4 is 0 Å². The standard InChI is InChI=1S/C13H25N/c1-5-7-12-8-9-13(11(3)4)14(12)10-6-2/h8,11,13H,5-7,9-10H2,1-4H3. The lowest BCUT2D eigenvalue weighted by Crippen LogP contribution is -2.34. The Hall–Kier alpha value is -0.460. The van der Waals surface area contributed by atoms with Crippen LogP contribution in [-0.4, -0.2) is 17.5 Å². The van der Waals surface area contributed by atoms with Crippen molar-refractivity contribution in [3.05, 3.63) is 11.8 Å². The molecule has 0 radical (unpaired) electrons. The fourth-order valence-electron chi connectivity index (χ4n) is 2.40. The van der Waals surface area contributed by atoms with Crippen LogP contribution in [0.1, 0.15) is 53.4 Å². The van der Waals surface area contributed by atoms with Gasteiger partial charge in [0.2, 0.25) is 0 Å². The molecule has 1 aliphatic heterocycles. The van der Waals surface area contributed by atoms with Gasteiger partial charge in [-0.15, -0.1) is 0 Å². The van der Waals surface area contributed by atoms with Crippen molar-refractivity contribution in [2.24, 2.45) is 5.92 Å². The van der Waals surface area contributed by atoms with Gasteiger partial charge in [0.15, 0.2) is 0 Å². The van der Waals surface area contributed by atoms with Gasteiger partial charge in [-0.25, -0.2) is 0 Å². The third-order valence-electron chi connectivity index (χ3n) is 3.10. The third kappa shape index (κ3) is 2.52. The molecule has 1 atom stereocenters. The molecule has 0 bridgehead atoms. The summed E-state index contributed by atoms with van der Waals surface area (Å²) in [5.41, 5.74) is 1.60. The Morgan fingerprint density at radius 1 is 1.36 bits per heavy atom. The summed E-state index contributed by atoms with van der Waals surface area (Å²) in [5, 5.41) is 0. The van der Waals surface area contributed by atoms with Crippen molar-refractivity contribution in [1.82, 2.24) is 4.90 Å². The van der Waals surface area contributed by atoms with Crippen LogP contribution in [0.25, 0.3) is 0 Å². The van der Waals surface area contributed by atoms with E-state index in [1.165, 1.54) is 32.2 Å². The Morgan fingerprint density at radius 2 is 2.07 bits per heavy atom. The van der Waals surface area contributed by atoms with Crippen molar-refractivity contribution < 1.29 is 0 Å². The van der Waals surface area contributed by atoms with Gasteiger partial charge in [0.1, 0.15) is 0 Å². The highest BCUT2D eigenvalue weighted by atomic mass is 15.2. The molecule has 0 saturated carbocycles. The first kappa shape index (κ1) is 11.6. The molecule has 0 aromatic heterocycles. The van der Waals surface area contributed by atoms with Gasteiger partial charge < -0.3 is 4.90 Å². The summed E-state index contributed by atoms with van der Waals surface area (Å²) >= 11 is 0. The van der Waals surface area contributed by atoms with Crippen LogP contribution >= 0.6 is 0 Å². The van der Waals surface area contributed by atoms with Gasteiger partial charge in [0, 0.05) is 18.3 Å². The van der Waals surface area contributed by atoms with Crippen molar-refractivity contribution in [3.8, 4) is 0 Å². The summed E-state index contributed by atoms with van der Waals surface area (Å²) in [6.45, 7) is 10.5. The highest BCUT2D eigenvalue weighted by molar-refractivity contribution is 5.11. The molecule has 1 aliphatic rings. The lowest BCUT2D eigenvalue weighted by atomic mass is 10.0. The second kappa shape index (κ2) is 5.43. The number of hydrogen-bond donors (Lipinski definition) is 0. The van der Waals surface area contributed by atoms with Crippen molar-refractivity contribution in [3.63, 3.8) is 0 Å². The first-order valence-corrected chi connectivity index (χ1v) is 6.16. The Balaban J connectivity index is 2.60. The predicted molar refractivity (Wildman–Crippen MR) is 63.2 cm³/mol. The summed E-state index contributed by atoms with van der Waals surface area (Å²) in [4.78, 5) is 2.65. The van der Waals surface area contributed by atoms with Crippen molar-refractivity contribution in [2.75, 3.05) is 6.54 Å². The zero-order valence-corrected chi connectivity index (χ0v) is 10.2. The smallest absolute Gasteiger partial charge is 0.0344 e. The zero-order valence-electron chi connectivity index (χ0n) is 10.2. The number of nitrogens with zero attached hydrogens (tertiary/aromatic N) is 1. The molecule has 1 heterocycles. The molecular formula is C13H25N. The number of rotatable bonds is 5. The molecule has 0 spiro atoms. The fourth-order valence-corrected chi connectivity index (χ4v) is 2.40. The van der Waals surface area contributed by atoms with E-state index in [4.69, 9.17) is 0 Å². The number of hydrogen-bond acceptors (Lipinski definition) is 1. The average Bonchev–Trinajstić information content (AvgIpc) is 2.50. The summed E-state index contributed by atoms with van der Waals surface area (Å²) in [5.74, 6) is 0.784. The predicted octanol–water partition coefficient (Wildman–Crippen LogP) is 3.81. The van der Waals surface area contributed by atoms with Gasteiger partial charge in [-0.2, -0.15) is 0 Å².